The predicted molar refractivity (Wildman–Crippen MR) is 98.0 cm³/mol. The molecule has 0 N–H and O–H groups in total. The first-order valence-electron chi connectivity index (χ1n) is 9.26. The van der Waals surface area contributed by atoms with Gasteiger partial charge in [0.2, 0.25) is 0 Å². The van der Waals surface area contributed by atoms with Gasteiger partial charge in [-0.3, -0.25) is 0 Å². The molecule has 0 bridgehead atoms. The molecule has 0 aliphatic rings. The van der Waals surface area contributed by atoms with Crippen molar-refractivity contribution in [3.8, 4) is 0 Å². The third-order valence-corrected chi connectivity index (χ3v) is 4.03. The van der Waals surface area contributed by atoms with Crippen LogP contribution in [0.3, 0.4) is 0 Å². The van der Waals surface area contributed by atoms with Gasteiger partial charge in [0.1, 0.15) is 5.76 Å². The first-order valence-corrected chi connectivity index (χ1v) is 9.26. The molecule has 0 radical (unpaired) electrons. The second-order valence-electron chi connectivity index (χ2n) is 6.07. The van der Waals surface area contributed by atoms with Gasteiger partial charge in [0.15, 0.2) is 0 Å². The van der Waals surface area contributed by atoms with Crippen LogP contribution >= 0.6 is 0 Å². The standard InChI is InChI=1S/C21H34O/c1-3-5-7-9-10-12-14-17-20(21-18-15-19-22-21)16-13-11-8-6-4-2/h10,12,15,17-19H,3-9,11,13-14,16H2,1-2H3/b12-10?,20-17-. The summed E-state index contributed by atoms with van der Waals surface area (Å²) in [5.41, 5.74) is 1.37. The van der Waals surface area contributed by atoms with E-state index >= 15 is 0 Å². The van der Waals surface area contributed by atoms with E-state index in [4.69, 9.17) is 4.42 Å². The van der Waals surface area contributed by atoms with E-state index in [-0.39, 0.29) is 0 Å². The van der Waals surface area contributed by atoms with Gasteiger partial charge in [-0.2, -0.15) is 0 Å². The van der Waals surface area contributed by atoms with Crippen LogP contribution in [0.25, 0.3) is 5.57 Å². The molecular weight excluding hydrogens is 268 g/mol. The van der Waals surface area contributed by atoms with Crippen LogP contribution in [0.2, 0.25) is 0 Å². The van der Waals surface area contributed by atoms with Gasteiger partial charge in [-0.25, -0.2) is 0 Å². The van der Waals surface area contributed by atoms with Gasteiger partial charge in [0, 0.05) is 0 Å². The average Bonchev–Trinajstić information content (AvgIpc) is 3.06. The maximum atomic E-state index is 5.59. The lowest BCUT2D eigenvalue weighted by Crippen LogP contribution is -1.84. The zero-order valence-electron chi connectivity index (χ0n) is 14.7. The Kier molecular flexibility index (Phi) is 11.5. The van der Waals surface area contributed by atoms with E-state index in [0.717, 1.165) is 18.6 Å². The molecule has 1 rings (SSSR count). The summed E-state index contributed by atoms with van der Waals surface area (Å²) in [6, 6.07) is 4.07. The molecule has 1 nitrogen and oxygen atoms in total. The van der Waals surface area contributed by atoms with E-state index in [9.17, 15) is 0 Å². The third kappa shape index (κ3) is 8.92. The zero-order chi connectivity index (χ0) is 15.9. The number of hydrogen-bond acceptors (Lipinski definition) is 1. The summed E-state index contributed by atoms with van der Waals surface area (Å²) in [6.45, 7) is 4.52. The summed E-state index contributed by atoms with van der Waals surface area (Å²) in [7, 11) is 0. The minimum absolute atomic E-state index is 1.02. The lowest BCUT2D eigenvalue weighted by atomic mass is 10.0. The SMILES string of the molecule is CCCCCC=CC/C=C(/CCCCCCC)c1ccco1. The number of allylic oxidation sites excluding steroid dienone is 4. The smallest absolute Gasteiger partial charge is 0.129 e. The Morgan fingerprint density at radius 1 is 0.955 bits per heavy atom. The minimum atomic E-state index is 1.02. The molecule has 0 aliphatic heterocycles. The number of hydrogen-bond donors (Lipinski definition) is 0. The van der Waals surface area contributed by atoms with Crippen molar-refractivity contribution in [1.29, 1.82) is 0 Å². The molecule has 0 saturated heterocycles. The fourth-order valence-electron chi connectivity index (χ4n) is 2.64. The summed E-state index contributed by atoms with van der Waals surface area (Å²) in [4.78, 5) is 0. The molecule has 0 unspecified atom stereocenters. The van der Waals surface area contributed by atoms with Crippen molar-refractivity contribution in [2.45, 2.75) is 84.5 Å². The lowest BCUT2D eigenvalue weighted by molar-refractivity contribution is 0.547. The highest BCUT2D eigenvalue weighted by molar-refractivity contribution is 5.61. The van der Waals surface area contributed by atoms with Crippen molar-refractivity contribution in [3.63, 3.8) is 0 Å². The van der Waals surface area contributed by atoms with Gasteiger partial charge in [-0.15, -0.1) is 0 Å². The molecule has 1 heteroatoms. The molecule has 0 spiro atoms. The van der Waals surface area contributed by atoms with Crippen molar-refractivity contribution in [2.24, 2.45) is 0 Å². The minimum Gasteiger partial charge on any atom is -0.465 e. The molecule has 0 aromatic carbocycles. The van der Waals surface area contributed by atoms with Crippen LogP contribution in [0.1, 0.15) is 90.2 Å². The Balaban J connectivity index is 2.36. The molecule has 124 valence electrons. The fourth-order valence-corrected chi connectivity index (χ4v) is 2.64. The monoisotopic (exact) mass is 302 g/mol. The van der Waals surface area contributed by atoms with E-state index in [1.54, 1.807) is 6.26 Å². The molecule has 0 amide bonds. The Bertz CT molecular complexity index is 398. The van der Waals surface area contributed by atoms with E-state index < -0.39 is 0 Å². The summed E-state index contributed by atoms with van der Waals surface area (Å²) in [5.74, 6) is 1.05. The highest BCUT2D eigenvalue weighted by atomic mass is 16.3. The Hall–Kier alpha value is -1.24. The Labute approximate surface area is 137 Å². The van der Waals surface area contributed by atoms with E-state index in [0.29, 0.717) is 0 Å². The average molecular weight is 303 g/mol. The van der Waals surface area contributed by atoms with Crippen molar-refractivity contribution >= 4 is 5.57 Å². The second kappa shape index (κ2) is 13.4. The van der Waals surface area contributed by atoms with Crippen LogP contribution in [0.15, 0.2) is 41.0 Å². The first-order chi connectivity index (χ1) is 10.9. The normalized spacial score (nSPS) is 12.4. The largest absolute Gasteiger partial charge is 0.465 e. The molecule has 1 aromatic rings. The maximum Gasteiger partial charge on any atom is 0.129 e. The van der Waals surface area contributed by atoms with Gasteiger partial charge < -0.3 is 4.42 Å². The fraction of sp³-hybridized carbons (Fsp3) is 0.619. The van der Waals surface area contributed by atoms with Crippen LogP contribution in [-0.2, 0) is 0 Å². The van der Waals surface area contributed by atoms with Crippen molar-refractivity contribution in [1.82, 2.24) is 0 Å². The molecule has 0 atom stereocenters. The molecule has 22 heavy (non-hydrogen) atoms. The van der Waals surface area contributed by atoms with Crippen molar-refractivity contribution < 1.29 is 4.42 Å². The molecule has 0 fully saturated rings. The van der Waals surface area contributed by atoms with Crippen LogP contribution < -0.4 is 0 Å². The van der Waals surface area contributed by atoms with E-state index in [1.165, 1.54) is 63.4 Å². The van der Waals surface area contributed by atoms with Crippen LogP contribution in [-0.4, -0.2) is 0 Å². The first kappa shape index (κ1) is 18.8. The Morgan fingerprint density at radius 3 is 2.45 bits per heavy atom. The van der Waals surface area contributed by atoms with Gasteiger partial charge in [-0.1, -0.05) is 70.6 Å². The molecule has 0 saturated carbocycles. The quantitative estimate of drug-likeness (QED) is 0.271. The van der Waals surface area contributed by atoms with Gasteiger partial charge in [-0.05, 0) is 49.8 Å². The lowest BCUT2D eigenvalue weighted by Gasteiger charge is -2.04. The van der Waals surface area contributed by atoms with Crippen LogP contribution in [0, 0.1) is 0 Å². The van der Waals surface area contributed by atoms with Crippen molar-refractivity contribution in [2.75, 3.05) is 0 Å². The van der Waals surface area contributed by atoms with E-state index in [1.807, 2.05) is 6.07 Å². The summed E-state index contributed by atoms with van der Waals surface area (Å²) < 4.78 is 5.59. The summed E-state index contributed by atoms with van der Waals surface area (Å²) >= 11 is 0. The van der Waals surface area contributed by atoms with Crippen LogP contribution in [0.4, 0.5) is 0 Å². The maximum absolute atomic E-state index is 5.59. The molecule has 0 aliphatic carbocycles. The summed E-state index contributed by atoms with van der Waals surface area (Å²) in [6.07, 6.45) is 22.7. The number of unbranched alkanes of at least 4 members (excludes halogenated alkanes) is 7. The summed E-state index contributed by atoms with van der Waals surface area (Å²) in [5, 5.41) is 0. The predicted octanol–water partition coefficient (Wildman–Crippen LogP) is 7.55. The highest BCUT2D eigenvalue weighted by Gasteiger charge is 2.03. The zero-order valence-corrected chi connectivity index (χ0v) is 14.7. The van der Waals surface area contributed by atoms with Gasteiger partial charge >= 0.3 is 0 Å². The van der Waals surface area contributed by atoms with E-state index in [2.05, 4.69) is 38.1 Å². The number of furan rings is 1. The Morgan fingerprint density at radius 2 is 1.73 bits per heavy atom. The highest BCUT2D eigenvalue weighted by Crippen LogP contribution is 2.23. The third-order valence-electron chi connectivity index (χ3n) is 4.03. The molecule has 1 aromatic heterocycles. The second-order valence-corrected chi connectivity index (χ2v) is 6.07. The van der Waals surface area contributed by atoms with Crippen molar-refractivity contribution in [3.05, 3.63) is 42.4 Å². The molecule has 1 heterocycles. The van der Waals surface area contributed by atoms with Gasteiger partial charge in [0.25, 0.3) is 0 Å². The number of rotatable bonds is 13. The van der Waals surface area contributed by atoms with Gasteiger partial charge in [0.05, 0.1) is 6.26 Å². The van der Waals surface area contributed by atoms with Crippen LogP contribution in [0.5, 0.6) is 0 Å². The molecular formula is C21H34O. The topological polar surface area (TPSA) is 13.1 Å².